The molecule has 0 bridgehead atoms. The maximum Gasteiger partial charge on any atom is 0.231 e. The van der Waals surface area contributed by atoms with Crippen molar-refractivity contribution in [3.63, 3.8) is 0 Å². The number of hydrogen-bond donors (Lipinski definition) is 1. The normalized spacial score (nSPS) is 12.3. The predicted octanol–water partition coefficient (Wildman–Crippen LogP) is 3.04. The van der Waals surface area contributed by atoms with E-state index in [0.29, 0.717) is 18.0 Å². The van der Waals surface area contributed by atoms with Crippen molar-refractivity contribution in [2.24, 2.45) is 0 Å². The third kappa shape index (κ3) is 2.42. The lowest BCUT2D eigenvalue weighted by atomic mass is 10.1. The minimum atomic E-state index is 0.251. The standard InChI is InChI=1S/C15H15NO3/c1-17-13-7-11(8-14-15(13)19-10-18-14)9-16-12-5-3-2-4-6-12/h2-8,16H,9-10H2,1H3. The number of para-hydroxylation sites is 1. The number of benzene rings is 2. The summed E-state index contributed by atoms with van der Waals surface area (Å²) >= 11 is 0. The van der Waals surface area contributed by atoms with Gasteiger partial charge in [0.2, 0.25) is 12.5 Å². The zero-order valence-electron chi connectivity index (χ0n) is 10.7. The van der Waals surface area contributed by atoms with E-state index in [1.54, 1.807) is 7.11 Å². The van der Waals surface area contributed by atoms with Crippen molar-refractivity contribution in [1.29, 1.82) is 0 Å². The molecule has 2 aromatic carbocycles. The number of methoxy groups -OCH3 is 1. The van der Waals surface area contributed by atoms with E-state index in [0.717, 1.165) is 17.0 Å². The van der Waals surface area contributed by atoms with Crippen LogP contribution in [0.15, 0.2) is 42.5 Å². The summed E-state index contributed by atoms with van der Waals surface area (Å²) in [6.45, 7) is 0.957. The van der Waals surface area contributed by atoms with Crippen molar-refractivity contribution in [2.45, 2.75) is 6.54 Å². The zero-order chi connectivity index (χ0) is 13.1. The maximum atomic E-state index is 5.40. The highest BCUT2D eigenvalue weighted by molar-refractivity contribution is 5.55. The number of nitrogens with one attached hydrogen (secondary N) is 1. The second-order valence-electron chi connectivity index (χ2n) is 4.25. The van der Waals surface area contributed by atoms with Gasteiger partial charge in [-0.2, -0.15) is 0 Å². The summed E-state index contributed by atoms with van der Waals surface area (Å²) in [5.74, 6) is 2.13. The van der Waals surface area contributed by atoms with Gasteiger partial charge in [-0.3, -0.25) is 0 Å². The molecule has 4 nitrogen and oxygen atoms in total. The summed E-state index contributed by atoms with van der Waals surface area (Å²) in [6.07, 6.45) is 0. The first kappa shape index (κ1) is 11.7. The van der Waals surface area contributed by atoms with Gasteiger partial charge in [0.15, 0.2) is 11.5 Å². The van der Waals surface area contributed by atoms with Crippen LogP contribution in [0.1, 0.15) is 5.56 Å². The fourth-order valence-corrected chi connectivity index (χ4v) is 2.05. The van der Waals surface area contributed by atoms with Crippen LogP contribution in [0.3, 0.4) is 0 Å². The van der Waals surface area contributed by atoms with E-state index in [9.17, 15) is 0 Å². The monoisotopic (exact) mass is 257 g/mol. The lowest BCUT2D eigenvalue weighted by Gasteiger charge is -2.10. The molecule has 0 atom stereocenters. The summed E-state index contributed by atoms with van der Waals surface area (Å²) in [6, 6.07) is 14.0. The molecule has 3 rings (SSSR count). The molecule has 19 heavy (non-hydrogen) atoms. The van der Waals surface area contributed by atoms with Gasteiger partial charge >= 0.3 is 0 Å². The van der Waals surface area contributed by atoms with Gasteiger partial charge in [0, 0.05) is 12.2 Å². The Labute approximate surface area is 111 Å². The highest BCUT2D eigenvalue weighted by Gasteiger charge is 2.19. The van der Waals surface area contributed by atoms with Crippen molar-refractivity contribution >= 4 is 5.69 Å². The molecule has 1 aliphatic rings. The molecule has 0 amide bonds. The first-order chi connectivity index (χ1) is 9.36. The molecule has 1 aliphatic heterocycles. The molecule has 0 radical (unpaired) electrons. The van der Waals surface area contributed by atoms with Crippen LogP contribution in [0, 0.1) is 0 Å². The highest BCUT2D eigenvalue weighted by Crippen LogP contribution is 2.41. The quantitative estimate of drug-likeness (QED) is 0.913. The Morgan fingerprint density at radius 1 is 1.16 bits per heavy atom. The molecule has 1 heterocycles. The van der Waals surface area contributed by atoms with Crippen LogP contribution in [-0.4, -0.2) is 13.9 Å². The molecular formula is C15H15NO3. The zero-order valence-corrected chi connectivity index (χ0v) is 10.7. The van der Waals surface area contributed by atoms with Crippen LogP contribution < -0.4 is 19.5 Å². The number of ether oxygens (including phenoxy) is 3. The van der Waals surface area contributed by atoms with Gasteiger partial charge in [-0.1, -0.05) is 18.2 Å². The number of rotatable bonds is 4. The Morgan fingerprint density at radius 3 is 2.79 bits per heavy atom. The van der Waals surface area contributed by atoms with Crippen molar-refractivity contribution < 1.29 is 14.2 Å². The van der Waals surface area contributed by atoms with Crippen molar-refractivity contribution in [3.8, 4) is 17.2 Å². The second kappa shape index (κ2) is 5.10. The minimum Gasteiger partial charge on any atom is -0.493 e. The molecule has 1 N–H and O–H groups in total. The summed E-state index contributed by atoms with van der Waals surface area (Å²) in [4.78, 5) is 0. The number of hydrogen-bond acceptors (Lipinski definition) is 4. The predicted molar refractivity (Wildman–Crippen MR) is 72.9 cm³/mol. The third-order valence-electron chi connectivity index (χ3n) is 2.99. The molecule has 0 unspecified atom stereocenters. The Morgan fingerprint density at radius 2 is 2.00 bits per heavy atom. The highest BCUT2D eigenvalue weighted by atomic mass is 16.7. The molecule has 0 saturated heterocycles. The van der Waals surface area contributed by atoms with Gasteiger partial charge < -0.3 is 19.5 Å². The summed E-state index contributed by atoms with van der Waals surface area (Å²) in [7, 11) is 1.63. The van der Waals surface area contributed by atoms with Crippen LogP contribution in [0.5, 0.6) is 17.2 Å². The molecule has 0 spiro atoms. The average Bonchev–Trinajstić information content (AvgIpc) is 2.93. The molecule has 2 aromatic rings. The van der Waals surface area contributed by atoms with E-state index in [2.05, 4.69) is 5.32 Å². The van der Waals surface area contributed by atoms with E-state index in [-0.39, 0.29) is 6.79 Å². The molecular weight excluding hydrogens is 242 g/mol. The van der Waals surface area contributed by atoms with E-state index < -0.39 is 0 Å². The van der Waals surface area contributed by atoms with E-state index >= 15 is 0 Å². The molecule has 0 saturated carbocycles. The van der Waals surface area contributed by atoms with Crippen LogP contribution in [0.2, 0.25) is 0 Å². The Balaban J connectivity index is 1.78. The van der Waals surface area contributed by atoms with Crippen molar-refractivity contribution in [3.05, 3.63) is 48.0 Å². The molecule has 0 aliphatic carbocycles. The summed E-state index contributed by atoms with van der Waals surface area (Å²) < 4.78 is 16.1. The smallest absolute Gasteiger partial charge is 0.231 e. The first-order valence-electron chi connectivity index (χ1n) is 6.12. The third-order valence-corrected chi connectivity index (χ3v) is 2.99. The van der Waals surface area contributed by atoms with Gasteiger partial charge in [0.05, 0.1) is 7.11 Å². The summed E-state index contributed by atoms with van der Waals surface area (Å²) in [5.41, 5.74) is 2.17. The van der Waals surface area contributed by atoms with Crippen molar-refractivity contribution in [2.75, 3.05) is 19.2 Å². The molecule has 98 valence electrons. The van der Waals surface area contributed by atoms with Crippen molar-refractivity contribution in [1.82, 2.24) is 0 Å². The molecule has 0 aromatic heterocycles. The van der Waals surface area contributed by atoms with E-state index in [4.69, 9.17) is 14.2 Å². The van der Waals surface area contributed by atoms with Gasteiger partial charge in [0.1, 0.15) is 0 Å². The lowest BCUT2D eigenvalue weighted by Crippen LogP contribution is -1.99. The summed E-state index contributed by atoms with van der Waals surface area (Å²) in [5, 5.41) is 3.35. The van der Waals surface area contributed by atoms with E-state index in [1.165, 1.54) is 0 Å². The lowest BCUT2D eigenvalue weighted by molar-refractivity contribution is 0.171. The minimum absolute atomic E-state index is 0.251. The average molecular weight is 257 g/mol. The van der Waals surface area contributed by atoms with Crippen LogP contribution in [0.4, 0.5) is 5.69 Å². The Kier molecular flexibility index (Phi) is 3.14. The van der Waals surface area contributed by atoms with Gasteiger partial charge in [0.25, 0.3) is 0 Å². The van der Waals surface area contributed by atoms with Crippen LogP contribution in [-0.2, 0) is 6.54 Å². The Hall–Kier alpha value is -2.36. The van der Waals surface area contributed by atoms with Gasteiger partial charge in [-0.05, 0) is 29.8 Å². The SMILES string of the molecule is COc1cc(CNc2ccccc2)cc2c1OCO2. The first-order valence-corrected chi connectivity index (χ1v) is 6.12. The molecule has 0 fully saturated rings. The van der Waals surface area contributed by atoms with Crippen LogP contribution >= 0.6 is 0 Å². The number of anilines is 1. The Bertz CT molecular complexity index is 569. The topological polar surface area (TPSA) is 39.7 Å². The largest absolute Gasteiger partial charge is 0.493 e. The van der Waals surface area contributed by atoms with Gasteiger partial charge in [-0.15, -0.1) is 0 Å². The van der Waals surface area contributed by atoms with Crippen LogP contribution in [0.25, 0.3) is 0 Å². The fraction of sp³-hybridized carbons (Fsp3) is 0.200. The van der Waals surface area contributed by atoms with Gasteiger partial charge in [-0.25, -0.2) is 0 Å². The second-order valence-corrected chi connectivity index (χ2v) is 4.25. The fourth-order valence-electron chi connectivity index (χ4n) is 2.05. The maximum absolute atomic E-state index is 5.40. The molecule has 4 heteroatoms. The number of fused-ring (bicyclic) bond motifs is 1. The van der Waals surface area contributed by atoms with E-state index in [1.807, 2.05) is 42.5 Å².